The zero-order chi connectivity index (χ0) is 19.1. The maximum atomic E-state index is 12.1. The van der Waals surface area contributed by atoms with Crippen LogP contribution in [0.15, 0.2) is 60.0 Å². The lowest BCUT2D eigenvalue weighted by molar-refractivity contribution is -0.123. The van der Waals surface area contributed by atoms with E-state index in [2.05, 4.69) is 15.8 Å². The van der Waals surface area contributed by atoms with Crippen molar-refractivity contribution < 1.29 is 14.3 Å². The van der Waals surface area contributed by atoms with Gasteiger partial charge in [0.1, 0.15) is 16.5 Å². The Balaban J connectivity index is 1.48. The quantitative estimate of drug-likeness (QED) is 0.664. The van der Waals surface area contributed by atoms with E-state index in [4.69, 9.17) is 10.00 Å². The highest BCUT2D eigenvalue weighted by atomic mass is 32.1. The molecule has 2 amide bonds. The van der Waals surface area contributed by atoms with Gasteiger partial charge >= 0.3 is 0 Å². The molecule has 0 spiro atoms. The van der Waals surface area contributed by atoms with Gasteiger partial charge in [0.2, 0.25) is 0 Å². The molecule has 8 heteroatoms. The van der Waals surface area contributed by atoms with Crippen LogP contribution in [0.25, 0.3) is 10.6 Å². The highest BCUT2D eigenvalue weighted by Crippen LogP contribution is 2.23. The molecule has 0 bridgehead atoms. The molecule has 2 aromatic carbocycles. The first-order valence-electron chi connectivity index (χ1n) is 7.89. The van der Waals surface area contributed by atoms with Crippen LogP contribution >= 0.6 is 11.3 Å². The second-order valence-corrected chi connectivity index (χ2v) is 6.19. The van der Waals surface area contributed by atoms with Crippen molar-refractivity contribution in [2.45, 2.75) is 0 Å². The molecule has 1 heterocycles. The Morgan fingerprint density at radius 2 is 1.81 bits per heavy atom. The highest BCUT2D eigenvalue weighted by Gasteiger charge is 2.13. The van der Waals surface area contributed by atoms with E-state index in [9.17, 15) is 9.59 Å². The molecule has 134 valence electrons. The van der Waals surface area contributed by atoms with Gasteiger partial charge in [-0.2, -0.15) is 5.26 Å². The van der Waals surface area contributed by atoms with Crippen molar-refractivity contribution in [1.82, 2.24) is 15.8 Å². The summed E-state index contributed by atoms with van der Waals surface area (Å²) in [7, 11) is 0. The summed E-state index contributed by atoms with van der Waals surface area (Å²) in [4.78, 5) is 28.1. The third-order valence-corrected chi connectivity index (χ3v) is 4.32. The van der Waals surface area contributed by atoms with Crippen LogP contribution in [0.5, 0.6) is 5.75 Å². The first-order chi connectivity index (χ1) is 13.2. The number of nitriles is 1. The number of thiazole rings is 1. The maximum Gasteiger partial charge on any atom is 0.289 e. The molecule has 0 aliphatic carbocycles. The number of hydrogen-bond donors (Lipinski definition) is 2. The number of hydrogen-bond acceptors (Lipinski definition) is 6. The first kappa shape index (κ1) is 18.1. The van der Waals surface area contributed by atoms with E-state index in [1.54, 1.807) is 29.6 Å². The molecular formula is C19H14N4O3S. The Morgan fingerprint density at radius 1 is 1.07 bits per heavy atom. The zero-order valence-corrected chi connectivity index (χ0v) is 14.8. The number of nitrogens with one attached hydrogen (secondary N) is 2. The Hall–Kier alpha value is -3.70. The lowest BCUT2D eigenvalue weighted by atomic mass is 10.2. The lowest BCUT2D eigenvalue weighted by Gasteiger charge is -2.08. The Kier molecular flexibility index (Phi) is 5.77. The van der Waals surface area contributed by atoms with Gasteiger partial charge in [-0.25, -0.2) is 4.98 Å². The SMILES string of the molecule is N#Cc1ccc(OCC(=O)NNC(=O)c2csc(-c3ccccc3)n2)cc1. The number of amides is 2. The highest BCUT2D eigenvalue weighted by molar-refractivity contribution is 7.13. The second kappa shape index (κ2) is 8.60. The number of benzene rings is 2. The Labute approximate surface area is 159 Å². The zero-order valence-electron chi connectivity index (χ0n) is 14.0. The molecule has 3 aromatic rings. The van der Waals surface area contributed by atoms with Crippen molar-refractivity contribution in [3.05, 3.63) is 71.2 Å². The van der Waals surface area contributed by atoms with Crippen molar-refractivity contribution in [3.8, 4) is 22.4 Å². The van der Waals surface area contributed by atoms with Crippen molar-refractivity contribution in [2.75, 3.05) is 6.61 Å². The number of aromatic nitrogens is 1. The molecule has 0 saturated carbocycles. The molecule has 0 aliphatic heterocycles. The third kappa shape index (κ3) is 4.90. The summed E-state index contributed by atoms with van der Waals surface area (Å²) in [6, 6.07) is 17.8. The average molecular weight is 378 g/mol. The third-order valence-electron chi connectivity index (χ3n) is 3.43. The lowest BCUT2D eigenvalue weighted by Crippen LogP contribution is -2.43. The Bertz CT molecular complexity index is 978. The molecular weight excluding hydrogens is 364 g/mol. The summed E-state index contributed by atoms with van der Waals surface area (Å²) in [5.74, 6) is -0.589. The van der Waals surface area contributed by atoms with Gasteiger partial charge < -0.3 is 4.74 Å². The fourth-order valence-electron chi connectivity index (χ4n) is 2.09. The first-order valence-corrected chi connectivity index (χ1v) is 8.77. The van der Waals surface area contributed by atoms with E-state index in [1.165, 1.54) is 11.3 Å². The van der Waals surface area contributed by atoms with Crippen molar-refractivity contribution >= 4 is 23.2 Å². The van der Waals surface area contributed by atoms with Gasteiger partial charge in [0.25, 0.3) is 11.8 Å². The molecule has 0 aliphatic rings. The monoisotopic (exact) mass is 378 g/mol. The van der Waals surface area contributed by atoms with Crippen LogP contribution in [-0.2, 0) is 4.79 Å². The van der Waals surface area contributed by atoms with Crippen LogP contribution in [0.4, 0.5) is 0 Å². The van der Waals surface area contributed by atoms with Gasteiger partial charge in [-0.1, -0.05) is 30.3 Å². The molecule has 1 aromatic heterocycles. The number of nitrogens with zero attached hydrogens (tertiary/aromatic N) is 2. The van der Waals surface area contributed by atoms with Crippen molar-refractivity contribution in [2.24, 2.45) is 0 Å². The van der Waals surface area contributed by atoms with E-state index in [0.29, 0.717) is 11.3 Å². The summed E-state index contributed by atoms with van der Waals surface area (Å²) < 4.78 is 5.28. The van der Waals surface area contributed by atoms with Gasteiger partial charge in [0.15, 0.2) is 6.61 Å². The molecule has 0 fully saturated rings. The predicted molar refractivity (Wildman–Crippen MR) is 99.8 cm³/mol. The molecule has 0 radical (unpaired) electrons. The normalized spacial score (nSPS) is 9.89. The van der Waals surface area contributed by atoms with Crippen molar-refractivity contribution in [1.29, 1.82) is 5.26 Å². The number of rotatable bonds is 5. The van der Waals surface area contributed by atoms with Crippen LogP contribution in [0.1, 0.15) is 16.1 Å². The van der Waals surface area contributed by atoms with Gasteiger partial charge in [0, 0.05) is 10.9 Å². The van der Waals surface area contributed by atoms with Crippen LogP contribution in [0, 0.1) is 11.3 Å². The Morgan fingerprint density at radius 3 is 2.52 bits per heavy atom. The van der Waals surface area contributed by atoms with Gasteiger partial charge in [-0.05, 0) is 24.3 Å². The second-order valence-electron chi connectivity index (χ2n) is 5.33. The minimum Gasteiger partial charge on any atom is -0.484 e. The number of carbonyl (C=O) groups is 2. The van der Waals surface area contributed by atoms with Crippen LogP contribution in [0.3, 0.4) is 0 Å². The van der Waals surface area contributed by atoms with E-state index in [-0.39, 0.29) is 12.3 Å². The average Bonchev–Trinajstić information content (AvgIpc) is 3.22. The van der Waals surface area contributed by atoms with Crippen LogP contribution in [-0.4, -0.2) is 23.4 Å². The molecule has 7 nitrogen and oxygen atoms in total. The number of hydrazine groups is 1. The van der Waals surface area contributed by atoms with Crippen molar-refractivity contribution in [3.63, 3.8) is 0 Å². The van der Waals surface area contributed by atoms with E-state index in [1.807, 2.05) is 36.4 Å². The topological polar surface area (TPSA) is 104 Å². The van der Waals surface area contributed by atoms with E-state index >= 15 is 0 Å². The van der Waals surface area contributed by atoms with Gasteiger partial charge in [0.05, 0.1) is 11.6 Å². The van der Waals surface area contributed by atoms with Crippen LogP contribution in [0.2, 0.25) is 0 Å². The molecule has 0 unspecified atom stereocenters. The summed E-state index contributed by atoms with van der Waals surface area (Å²) in [5.41, 5.74) is 6.20. The molecule has 0 saturated heterocycles. The number of ether oxygens (including phenoxy) is 1. The van der Waals surface area contributed by atoms with E-state index in [0.717, 1.165) is 10.6 Å². The fourth-order valence-corrected chi connectivity index (χ4v) is 2.90. The summed E-state index contributed by atoms with van der Waals surface area (Å²) in [6.07, 6.45) is 0. The summed E-state index contributed by atoms with van der Waals surface area (Å²) in [6.45, 7) is -0.279. The van der Waals surface area contributed by atoms with Crippen LogP contribution < -0.4 is 15.6 Å². The van der Waals surface area contributed by atoms with Gasteiger partial charge in [-0.3, -0.25) is 20.4 Å². The van der Waals surface area contributed by atoms with Gasteiger partial charge in [-0.15, -0.1) is 11.3 Å². The standard InChI is InChI=1S/C19H14N4O3S/c20-10-13-6-8-15(9-7-13)26-11-17(24)22-23-18(25)16-12-27-19(21-16)14-4-2-1-3-5-14/h1-9,12H,11H2,(H,22,24)(H,23,25). The summed E-state index contributed by atoms with van der Waals surface area (Å²) in [5, 5.41) is 11.1. The number of carbonyl (C=O) groups excluding carboxylic acids is 2. The van der Waals surface area contributed by atoms with E-state index < -0.39 is 11.8 Å². The summed E-state index contributed by atoms with van der Waals surface area (Å²) >= 11 is 1.34. The molecule has 0 atom stereocenters. The largest absolute Gasteiger partial charge is 0.484 e. The maximum absolute atomic E-state index is 12.1. The minimum absolute atomic E-state index is 0.215. The molecule has 3 rings (SSSR count). The minimum atomic E-state index is -0.522. The molecule has 2 N–H and O–H groups in total. The smallest absolute Gasteiger partial charge is 0.289 e. The molecule has 27 heavy (non-hydrogen) atoms. The fraction of sp³-hybridized carbons (Fsp3) is 0.0526. The predicted octanol–water partition coefficient (Wildman–Crippen LogP) is 2.52.